The van der Waals surface area contributed by atoms with E-state index in [0.29, 0.717) is 28.7 Å². The Hall–Kier alpha value is -2.62. The summed E-state index contributed by atoms with van der Waals surface area (Å²) in [6, 6.07) is 14.7. The summed E-state index contributed by atoms with van der Waals surface area (Å²) in [5.74, 6) is -0.388. The summed E-state index contributed by atoms with van der Waals surface area (Å²) in [6.07, 6.45) is 3.51. The summed E-state index contributed by atoms with van der Waals surface area (Å²) < 4.78 is 27.9. The van der Waals surface area contributed by atoms with Crippen LogP contribution in [0.15, 0.2) is 53.4 Å². The fourth-order valence-electron chi connectivity index (χ4n) is 3.94. The van der Waals surface area contributed by atoms with E-state index in [2.05, 4.69) is 22.4 Å². The molecular formula is C24H28N4O3S2. The van der Waals surface area contributed by atoms with Crippen molar-refractivity contribution in [2.24, 2.45) is 0 Å². The SMILES string of the molecule is CCCc1ccc(S(=O)(=O)N2CCCC(c3nnc(C(=O)Nc4ccc(C)cc4)s3)C2)cc1. The molecule has 0 radical (unpaired) electrons. The van der Waals surface area contributed by atoms with Crippen LogP contribution in [0.1, 0.15) is 58.0 Å². The van der Waals surface area contributed by atoms with Crippen molar-refractivity contribution in [1.29, 1.82) is 0 Å². The topological polar surface area (TPSA) is 92.3 Å². The van der Waals surface area contributed by atoms with E-state index >= 15 is 0 Å². The zero-order valence-electron chi connectivity index (χ0n) is 18.8. The molecule has 33 heavy (non-hydrogen) atoms. The third-order valence-corrected chi connectivity index (χ3v) is 8.74. The van der Waals surface area contributed by atoms with Gasteiger partial charge in [-0.1, -0.05) is 54.5 Å². The number of nitrogens with one attached hydrogen (secondary N) is 1. The van der Waals surface area contributed by atoms with Crippen LogP contribution in [0.5, 0.6) is 0 Å². The van der Waals surface area contributed by atoms with E-state index in [9.17, 15) is 13.2 Å². The van der Waals surface area contributed by atoms with E-state index in [1.165, 1.54) is 15.6 Å². The Labute approximate surface area is 198 Å². The zero-order chi connectivity index (χ0) is 23.4. The molecular weight excluding hydrogens is 456 g/mol. The predicted molar refractivity (Wildman–Crippen MR) is 130 cm³/mol. The van der Waals surface area contributed by atoms with E-state index in [1.807, 2.05) is 43.3 Å². The number of sulfonamides is 1. The second kappa shape index (κ2) is 10.1. The van der Waals surface area contributed by atoms with Gasteiger partial charge in [0.05, 0.1) is 4.90 Å². The number of hydrogen-bond acceptors (Lipinski definition) is 6. The molecule has 1 N–H and O–H groups in total. The Bertz CT molecular complexity index is 1210. The summed E-state index contributed by atoms with van der Waals surface area (Å²) in [6.45, 7) is 4.91. The molecule has 1 aliphatic rings. The molecule has 1 atom stereocenters. The highest BCUT2D eigenvalue weighted by Gasteiger charge is 2.32. The number of rotatable bonds is 7. The van der Waals surface area contributed by atoms with Crippen LogP contribution >= 0.6 is 11.3 Å². The Kier molecular flexibility index (Phi) is 7.21. The van der Waals surface area contributed by atoms with Gasteiger partial charge in [-0.15, -0.1) is 10.2 Å². The minimum atomic E-state index is -3.58. The molecule has 2 heterocycles. The monoisotopic (exact) mass is 484 g/mol. The van der Waals surface area contributed by atoms with Crippen molar-refractivity contribution in [1.82, 2.24) is 14.5 Å². The lowest BCUT2D eigenvalue weighted by Crippen LogP contribution is -2.39. The van der Waals surface area contributed by atoms with Crippen LogP contribution in [0.4, 0.5) is 5.69 Å². The van der Waals surface area contributed by atoms with Crippen LogP contribution in [-0.2, 0) is 16.4 Å². The number of piperidine rings is 1. The first kappa shape index (κ1) is 23.5. The number of amides is 1. The van der Waals surface area contributed by atoms with Gasteiger partial charge >= 0.3 is 0 Å². The standard InChI is InChI=1S/C24H28N4O3S2/c1-3-5-18-9-13-21(14-10-18)33(30,31)28-15-4-6-19(16-28)23-26-27-24(32-23)22(29)25-20-11-7-17(2)8-12-20/h7-14,19H,3-6,15-16H2,1-2H3,(H,25,29). The van der Waals surface area contributed by atoms with Gasteiger partial charge in [-0.05, 0) is 56.0 Å². The molecule has 3 aromatic rings. The van der Waals surface area contributed by atoms with E-state index in [4.69, 9.17) is 0 Å². The summed E-state index contributed by atoms with van der Waals surface area (Å²) in [7, 11) is -3.58. The Balaban J connectivity index is 1.44. The van der Waals surface area contributed by atoms with Gasteiger partial charge in [-0.25, -0.2) is 8.42 Å². The third-order valence-electron chi connectivity index (χ3n) is 5.78. The van der Waals surface area contributed by atoms with Crippen molar-refractivity contribution >= 4 is 33.0 Å². The number of hydrogen-bond donors (Lipinski definition) is 1. The number of aryl methyl sites for hydroxylation is 2. The van der Waals surface area contributed by atoms with Gasteiger partial charge < -0.3 is 5.32 Å². The Morgan fingerprint density at radius 3 is 2.55 bits per heavy atom. The van der Waals surface area contributed by atoms with Crippen LogP contribution in [0.25, 0.3) is 0 Å². The molecule has 1 aliphatic heterocycles. The molecule has 1 aromatic heterocycles. The molecule has 0 bridgehead atoms. The maximum absolute atomic E-state index is 13.2. The normalized spacial score (nSPS) is 17.1. The molecule has 4 rings (SSSR count). The summed E-state index contributed by atoms with van der Waals surface area (Å²) in [4.78, 5) is 12.9. The largest absolute Gasteiger partial charge is 0.320 e. The Morgan fingerprint density at radius 1 is 1.12 bits per heavy atom. The Morgan fingerprint density at radius 2 is 1.85 bits per heavy atom. The summed E-state index contributed by atoms with van der Waals surface area (Å²) in [5.41, 5.74) is 2.94. The van der Waals surface area contributed by atoms with Gasteiger partial charge in [-0.2, -0.15) is 4.31 Å². The first-order valence-corrected chi connectivity index (χ1v) is 13.4. The second-order valence-electron chi connectivity index (χ2n) is 8.36. The van der Waals surface area contributed by atoms with Crippen LogP contribution in [0, 0.1) is 6.92 Å². The summed E-state index contributed by atoms with van der Waals surface area (Å²) in [5, 5.41) is 12.1. The van der Waals surface area contributed by atoms with Crippen molar-refractivity contribution < 1.29 is 13.2 Å². The quantitative estimate of drug-likeness (QED) is 0.528. The second-order valence-corrected chi connectivity index (χ2v) is 11.3. The highest BCUT2D eigenvalue weighted by Crippen LogP contribution is 2.32. The molecule has 1 fully saturated rings. The molecule has 174 valence electrons. The molecule has 1 saturated heterocycles. The van der Waals surface area contributed by atoms with Gasteiger partial charge in [0.25, 0.3) is 5.91 Å². The highest BCUT2D eigenvalue weighted by atomic mass is 32.2. The molecule has 9 heteroatoms. The van der Waals surface area contributed by atoms with Crippen molar-refractivity contribution in [2.75, 3.05) is 18.4 Å². The molecule has 1 unspecified atom stereocenters. The lowest BCUT2D eigenvalue weighted by atomic mass is 10.0. The molecule has 0 saturated carbocycles. The average Bonchev–Trinajstić information content (AvgIpc) is 3.32. The molecule has 1 amide bonds. The fourth-order valence-corrected chi connectivity index (χ4v) is 6.33. The van der Waals surface area contributed by atoms with Gasteiger partial charge in [0.15, 0.2) is 0 Å². The van der Waals surface area contributed by atoms with E-state index < -0.39 is 10.0 Å². The van der Waals surface area contributed by atoms with Crippen LogP contribution in [0.3, 0.4) is 0 Å². The van der Waals surface area contributed by atoms with Crippen molar-refractivity contribution in [2.45, 2.75) is 50.3 Å². The third kappa shape index (κ3) is 5.48. The van der Waals surface area contributed by atoms with Gasteiger partial charge in [-0.3, -0.25) is 4.79 Å². The first-order valence-electron chi connectivity index (χ1n) is 11.2. The maximum atomic E-state index is 13.2. The fraction of sp³-hybridized carbons (Fsp3) is 0.375. The number of nitrogens with zero attached hydrogens (tertiary/aromatic N) is 3. The average molecular weight is 485 g/mol. The minimum Gasteiger partial charge on any atom is -0.320 e. The summed E-state index contributed by atoms with van der Waals surface area (Å²) >= 11 is 1.23. The van der Waals surface area contributed by atoms with Crippen LogP contribution < -0.4 is 5.32 Å². The molecule has 0 spiro atoms. The maximum Gasteiger partial charge on any atom is 0.286 e. The number of anilines is 1. The lowest BCUT2D eigenvalue weighted by Gasteiger charge is -2.30. The highest BCUT2D eigenvalue weighted by molar-refractivity contribution is 7.89. The number of carbonyl (C=O) groups excluding carboxylic acids is 1. The van der Waals surface area contributed by atoms with Crippen LogP contribution in [-0.4, -0.2) is 41.9 Å². The smallest absolute Gasteiger partial charge is 0.286 e. The van der Waals surface area contributed by atoms with Gasteiger partial charge in [0.1, 0.15) is 5.01 Å². The molecule has 7 nitrogen and oxygen atoms in total. The van der Waals surface area contributed by atoms with E-state index in [0.717, 1.165) is 36.8 Å². The molecule has 2 aromatic carbocycles. The van der Waals surface area contributed by atoms with Crippen molar-refractivity contribution in [3.05, 3.63) is 69.7 Å². The van der Waals surface area contributed by atoms with E-state index in [1.54, 1.807) is 12.1 Å². The first-order chi connectivity index (χ1) is 15.9. The molecule has 0 aliphatic carbocycles. The minimum absolute atomic E-state index is 0.0775. The number of aromatic nitrogens is 2. The lowest BCUT2D eigenvalue weighted by molar-refractivity contribution is 0.102. The number of benzene rings is 2. The zero-order valence-corrected chi connectivity index (χ0v) is 20.5. The van der Waals surface area contributed by atoms with Crippen LogP contribution in [0.2, 0.25) is 0 Å². The van der Waals surface area contributed by atoms with Gasteiger partial charge in [0.2, 0.25) is 15.0 Å². The predicted octanol–water partition coefficient (Wildman–Crippen LogP) is 4.62. The number of carbonyl (C=O) groups is 1. The van der Waals surface area contributed by atoms with Crippen molar-refractivity contribution in [3.63, 3.8) is 0 Å². The van der Waals surface area contributed by atoms with Gasteiger partial charge in [0, 0.05) is 24.7 Å². The van der Waals surface area contributed by atoms with E-state index in [-0.39, 0.29) is 16.8 Å². The van der Waals surface area contributed by atoms with Crippen molar-refractivity contribution in [3.8, 4) is 0 Å².